The maximum Gasteiger partial charge on any atom is 0.170 e. The van der Waals surface area contributed by atoms with Gasteiger partial charge in [-0.25, -0.2) is 0 Å². The van der Waals surface area contributed by atoms with E-state index >= 15 is 0 Å². The molecule has 2 heteroatoms. The van der Waals surface area contributed by atoms with E-state index in [0.29, 0.717) is 11.1 Å². The van der Waals surface area contributed by atoms with Crippen molar-refractivity contribution >= 4 is 11.6 Å². The minimum Gasteiger partial charge on any atom is -0.294 e. The van der Waals surface area contributed by atoms with Crippen LogP contribution in [-0.4, -0.2) is 11.6 Å². The maximum absolute atomic E-state index is 13.1. The van der Waals surface area contributed by atoms with E-state index in [0.717, 1.165) is 16.7 Å². The third-order valence-corrected chi connectivity index (χ3v) is 4.62. The van der Waals surface area contributed by atoms with Gasteiger partial charge in [-0.05, 0) is 19.4 Å². The van der Waals surface area contributed by atoms with Gasteiger partial charge in [-0.3, -0.25) is 9.59 Å². The minimum atomic E-state index is -0.479. The lowest BCUT2D eigenvalue weighted by atomic mass is 9.85. The number of rotatable bonds is 6. The molecule has 3 rings (SSSR count). The SMILES string of the molecule is Cc1ccc(C(=O)CC(C(=O)c2ccc(C)cc2)c2ccccc2)cc1. The molecule has 26 heavy (non-hydrogen) atoms. The molecule has 0 saturated heterocycles. The second kappa shape index (κ2) is 7.92. The molecule has 0 amide bonds. The van der Waals surface area contributed by atoms with E-state index in [1.54, 1.807) is 0 Å². The fourth-order valence-corrected chi connectivity index (χ4v) is 3.01. The van der Waals surface area contributed by atoms with Gasteiger partial charge in [0.25, 0.3) is 0 Å². The lowest BCUT2D eigenvalue weighted by molar-refractivity contribution is 0.0893. The Hall–Kier alpha value is -3.00. The van der Waals surface area contributed by atoms with Crippen molar-refractivity contribution < 1.29 is 9.59 Å². The first-order chi connectivity index (χ1) is 12.5. The third kappa shape index (κ3) is 4.15. The zero-order valence-corrected chi connectivity index (χ0v) is 15.1. The molecule has 0 aliphatic rings. The van der Waals surface area contributed by atoms with Crippen LogP contribution in [0.3, 0.4) is 0 Å². The molecule has 0 radical (unpaired) electrons. The van der Waals surface area contributed by atoms with Gasteiger partial charge in [-0.1, -0.05) is 90.0 Å². The molecule has 0 spiro atoms. The standard InChI is InChI=1S/C24H22O2/c1-17-8-12-20(13-9-17)23(25)16-22(19-6-4-3-5-7-19)24(26)21-14-10-18(2)11-15-21/h3-15,22H,16H2,1-2H3. The highest BCUT2D eigenvalue weighted by Gasteiger charge is 2.25. The van der Waals surface area contributed by atoms with Crippen molar-refractivity contribution in [2.24, 2.45) is 0 Å². The van der Waals surface area contributed by atoms with Gasteiger partial charge >= 0.3 is 0 Å². The molecule has 3 aromatic carbocycles. The van der Waals surface area contributed by atoms with Crippen LogP contribution in [-0.2, 0) is 0 Å². The molecule has 2 nitrogen and oxygen atoms in total. The highest BCUT2D eigenvalue weighted by atomic mass is 16.1. The van der Waals surface area contributed by atoms with E-state index in [9.17, 15) is 9.59 Å². The molecule has 0 fully saturated rings. The van der Waals surface area contributed by atoms with Gasteiger partial charge in [0.2, 0.25) is 0 Å². The summed E-state index contributed by atoms with van der Waals surface area (Å²) in [5, 5.41) is 0. The second-order valence-electron chi connectivity index (χ2n) is 6.69. The summed E-state index contributed by atoms with van der Waals surface area (Å²) in [6.07, 6.45) is 0.166. The predicted molar refractivity (Wildman–Crippen MR) is 105 cm³/mol. The lowest BCUT2D eigenvalue weighted by Crippen LogP contribution is -2.17. The summed E-state index contributed by atoms with van der Waals surface area (Å²) in [5.74, 6) is -0.510. The summed E-state index contributed by atoms with van der Waals surface area (Å²) in [4.78, 5) is 25.9. The van der Waals surface area contributed by atoms with Crippen molar-refractivity contribution in [3.8, 4) is 0 Å². The lowest BCUT2D eigenvalue weighted by Gasteiger charge is -2.16. The van der Waals surface area contributed by atoms with E-state index < -0.39 is 5.92 Å². The van der Waals surface area contributed by atoms with E-state index in [1.807, 2.05) is 92.7 Å². The molecule has 0 aromatic heterocycles. The molecule has 130 valence electrons. The molecule has 0 saturated carbocycles. The Balaban J connectivity index is 1.91. The largest absolute Gasteiger partial charge is 0.294 e. The van der Waals surface area contributed by atoms with Crippen LogP contribution in [0.5, 0.6) is 0 Å². The quantitative estimate of drug-likeness (QED) is 0.551. The van der Waals surface area contributed by atoms with Crippen LogP contribution in [0.15, 0.2) is 78.9 Å². The summed E-state index contributed by atoms with van der Waals surface area (Å²) in [7, 11) is 0. The monoisotopic (exact) mass is 342 g/mol. The van der Waals surface area contributed by atoms with Gasteiger partial charge in [-0.2, -0.15) is 0 Å². The van der Waals surface area contributed by atoms with E-state index in [-0.39, 0.29) is 18.0 Å². The zero-order chi connectivity index (χ0) is 18.5. The molecule has 0 heterocycles. The zero-order valence-electron chi connectivity index (χ0n) is 15.1. The van der Waals surface area contributed by atoms with Crippen LogP contribution < -0.4 is 0 Å². The first-order valence-electron chi connectivity index (χ1n) is 8.80. The Kier molecular flexibility index (Phi) is 5.43. The number of ketones is 2. The van der Waals surface area contributed by atoms with Gasteiger partial charge in [0.1, 0.15) is 0 Å². The maximum atomic E-state index is 13.1. The van der Waals surface area contributed by atoms with Crippen molar-refractivity contribution in [1.29, 1.82) is 0 Å². The smallest absolute Gasteiger partial charge is 0.170 e. The Morgan fingerprint density at radius 3 is 1.73 bits per heavy atom. The average molecular weight is 342 g/mol. The molecule has 1 unspecified atom stereocenters. The van der Waals surface area contributed by atoms with E-state index in [1.165, 1.54) is 0 Å². The third-order valence-electron chi connectivity index (χ3n) is 4.62. The van der Waals surface area contributed by atoms with Gasteiger partial charge in [0, 0.05) is 17.5 Å². The molecule has 0 aliphatic heterocycles. The number of carbonyl (C=O) groups is 2. The van der Waals surface area contributed by atoms with Gasteiger partial charge in [0.15, 0.2) is 11.6 Å². The van der Waals surface area contributed by atoms with Crippen molar-refractivity contribution in [3.63, 3.8) is 0 Å². The van der Waals surface area contributed by atoms with Gasteiger partial charge in [0.05, 0.1) is 5.92 Å². The fraction of sp³-hybridized carbons (Fsp3) is 0.167. The molecular weight excluding hydrogens is 320 g/mol. The van der Waals surface area contributed by atoms with Crippen LogP contribution in [0.25, 0.3) is 0 Å². The van der Waals surface area contributed by atoms with Crippen LogP contribution in [0.1, 0.15) is 49.7 Å². The Bertz CT molecular complexity index is 891. The predicted octanol–water partition coefficient (Wildman–Crippen LogP) is 5.54. The molecule has 0 bridgehead atoms. The van der Waals surface area contributed by atoms with E-state index in [2.05, 4.69) is 0 Å². The Morgan fingerprint density at radius 1 is 0.692 bits per heavy atom. The molecule has 1 atom stereocenters. The summed E-state index contributed by atoms with van der Waals surface area (Å²) in [6.45, 7) is 3.98. The summed E-state index contributed by atoms with van der Waals surface area (Å²) in [6, 6.07) is 24.6. The Labute approximate surface area is 154 Å². The number of benzene rings is 3. The number of hydrogen-bond donors (Lipinski definition) is 0. The minimum absolute atomic E-state index is 0.0145. The van der Waals surface area contributed by atoms with Crippen LogP contribution >= 0.6 is 0 Å². The van der Waals surface area contributed by atoms with Crippen LogP contribution in [0, 0.1) is 13.8 Å². The van der Waals surface area contributed by atoms with Crippen molar-refractivity contribution in [2.75, 3.05) is 0 Å². The number of aryl methyl sites for hydroxylation is 2. The van der Waals surface area contributed by atoms with E-state index in [4.69, 9.17) is 0 Å². The molecule has 0 aliphatic carbocycles. The first-order valence-corrected chi connectivity index (χ1v) is 8.80. The average Bonchev–Trinajstić information content (AvgIpc) is 2.67. The Morgan fingerprint density at radius 2 is 1.19 bits per heavy atom. The van der Waals surface area contributed by atoms with Crippen molar-refractivity contribution in [1.82, 2.24) is 0 Å². The summed E-state index contributed by atoms with van der Waals surface area (Å²) < 4.78 is 0. The normalized spacial score (nSPS) is 11.8. The molecule has 0 N–H and O–H groups in total. The second-order valence-corrected chi connectivity index (χ2v) is 6.69. The highest BCUT2D eigenvalue weighted by Crippen LogP contribution is 2.26. The van der Waals surface area contributed by atoms with Gasteiger partial charge < -0.3 is 0 Å². The topological polar surface area (TPSA) is 34.1 Å². The molecule has 3 aromatic rings. The number of hydrogen-bond acceptors (Lipinski definition) is 2. The van der Waals surface area contributed by atoms with Crippen molar-refractivity contribution in [2.45, 2.75) is 26.2 Å². The summed E-state index contributed by atoms with van der Waals surface area (Å²) >= 11 is 0. The van der Waals surface area contributed by atoms with Crippen molar-refractivity contribution in [3.05, 3.63) is 107 Å². The first kappa shape index (κ1) is 17.8. The number of Topliss-reactive ketones (excluding diaryl/α,β-unsaturated/α-hetero) is 2. The van der Waals surface area contributed by atoms with Gasteiger partial charge in [-0.15, -0.1) is 0 Å². The molecular formula is C24H22O2. The summed E-state index contributed by atoms with van der Waals surface area (Å²) in [5.41, 5.74) is 4.37. The van der Waals surface area contributed by atoms with Crippen LogP contribution in [0.4, 0.5) is 0 Å². The number of carbonyl (C=O) groups excluding carboxylic acids is 2. The van der Waals surface area contributed by atoms with Crippen LogP contribution in [0.2, 0.25) is 0 Å². The highest BCUT2D eigenvalue weighted by molar-refractivity contribution is 6.06. The fourth-order valence-electron chi connectivity index (χ4n) is 3.01.